The van der Waals surface area contributed by atoms with Gasteiger partial charge in [-0.3, -0.25) is 4.79 Å². The second-order valence-corrected chi connectivity index (χ2v) is 7.54. The van der Waals surface area contributed by atoms with Crippen LogP contribution in [0.1, 0.15) is 34.0 Å². The van der Waals surface area contributed by atoms with Crippen LogP contribution < -0.4 is 11.1 Å². The van der Waals surface area contributed by atoms with Crippen molar-refractivity contribution in [3.8, 4) is 11.1 Å². The van der Waals surface area contributed by atoms with E-state index in [1.54, 1.807) is 37.4 Å². The average molecular weight is 455 g/mol. The van der Waals surface area contributed by atoms with Gasteiger partial charge < -0.3 is 16.2 Å². The second kappa shape index (κ2) is 8.91. The van der Waals surface area contributed by atoms with E-state index >= 15 is 4.39 Å². The zero-order valence-electron chi connectivity index (χ0n) is 17.5. The molecule has 0 unspecified atom stereocenters. The number of carbonyl (C=O) groups is 1. The summed E-state index contributed by atoms with van der Waals surface area (Å²) in [6.45, 7) is 1.60. The molecule has 0 saturated heterocycles. The number of hydrogen-bond acceptors (Lipinski definition) is 5. The summed E-state index contributed by atoms with van der Waals surface area (Å²) in [6.07, 6.45) is 0.495. The Hall–Kier alpha value is -3.92. The standard InChI is InChI=1S/C23H20F3N5O2/c1-12-2-4-15(13-7-9-31-19(11-13)29-23(27)30-31)21(26)20(12)22(33)28-8-6-18(32)14-3-5-16(24)17(25)10-14/h2-5,7,9-11,18,32H,6,8H2,1H3,(H2,27,30)(H,28,33)/t18-/m1/s1. The maximum absolute atomic E-state index is 15.4. The average Bonchev–Trinajstić information content (AvgIpc) is 3.15. The Morgan fingerprint density at radius 3 is 2.70 bits per heavy atom. The highest BCUT2D eigenvalue weighted by Gasteiger charge is 2.20. The number of pyridine rings is 1. The van der Waals surface area contributed by atoms with Gasteiger partial charge in [0.2, 0.25) is 5.95 Å². The van der Waals surface area contributed by atoms with Crippen LogP contribution in [0.15, 0.2) is 48.7 Å². The van der Waals surface area contributed by atoms with Crippen molar-refractivity contribution in [3.05, 3.63) is 82.8 Å². The molecule has 1 amide bonds. The minimum atomic E-state index is -1.13. The molecule has 4 rings (SSSR count). The van der Waals surface area contributed by atoms with Gasteiger partial charge in [0, 0.05) is 18.3 Å². The Balaban J connectivity index is 1.50. The van der Waals surface area contributed by atoms with Gasteiger partial charge in [-0.05, 0) is 54.3 Å². The van der Waals surface area contributed by atoms with Crippen LogP contribution in [0.25, 0.3) is 16.8 Å². The lowest BCUT2D eigenvalue weighted by Gasteiger charge is -2.14. The smallest absolute Gasteiger partial charge is 0.254 e. The monoisotopic (exact) mass is 455 g/mol. The van der Waals surface area contributed by atoms with Crippen LogP contribution in [-0.2, 0) is 0 Å². The van der Waals surface area contributed by atoms with Crippen LogP contribution in [0, 0.1) is 24.4 Å². The number of aromatic nitrogens is 3. The predicted octanol–water partition coefficient (Wildman–Crippen LogP) is 3.56. The molecule has 0 aliphatic carbocycles. The largest absolute Gasteiger partial charge is 0.388 e. The molecule has 0 bridgehead atoms. The fourth-order valence-corrected chi connectivity index (χ4v) is 3.54. The molecule has 0 aliphatic rings. The second-order valence-electron chi connectivity index (χ2n) is 7.54. The molecule has 2 aromatic heterocycles. The third kappa shape index (κ3) is 4.51. The normalized spacial score (nSPS) is 12.2. The van der Waals surface area contributed by atoms with Crippen LogP contribution in [0.2, 0.25) is 0 Å². The quantitative estimate of drug-likeness (QED) is 0.412. The number of fused-ring (bicyclic) bond motifs is 1. The first-order valence-electron chi connectivity index (χ1n) is 10.1. The predicted molar refractivity (Wildman–Crippen MR) is 116 cm³/mol. The number of carbonyl (C=O) groups excluding carboxylic acids is 1. The first-order chi connectivity index (χ1) is 15.7. The molecule has 0 fully saturated rings. The van der Waals surface area contributed by atoms with E-state index in [0.717, 1.165) is 12.1 Å². The Kier molecular flexibility index (Phi) is 6.01. The first kappa shape index (κ1) is 22.3. The van der Waals surface area contributed by atoms with Gasteiger partial charge in [0.05, 0.1) is 11.7 Å². The van der Waals surface area contributed by atoms with Crippen molar-refractivity contribution in [2.24, 2.45) is 0 Å². The SMILES string of the molecule is Cc1ccc(-c2ccn3nc(N)nc3c2)c(F)c1C(=O)NCC[C@@H](O)c1ccc(F)c(F)c1. The maximum atomic E-state index is 15.4. The van der Waals surface area contributed by atoms with E-state index in [1.807, 2.05) is 0 Å². The number of hydrogen-bond donors (Lipinski definition) is 3. The summed E-state index contributed by atoms with van der Waals surface area (Å²) in [5.41, 5.74) is 7.20. The number of anilines is 1. The Bertz CT molecular complexity index is 1360. The number of benzene rings is 2. The number of aryl methyl sites for hydroxylation is 1. The molecular formula is C23H20F3N5O2. The number of aliphatic hydroxyl groups excluding tert-OH is 1. The zero-order chi connectivity index (χ0) is 23.7. The molecule has 4 aromatic rings. The highest BCUT2D eigenvalue weighted by molar-refractivity contribution is 5.97. The third-order valence-corrected chi connectivity index (χ3v) is 5.27. The number of nitrogens with two attached hydrogens (primary N) is 1. The van der Waals surface area contributed by atoms with E-state index in [2.05, 4.69) is 15.4 Å². The van der Waals surface area contributed by atoms with Crippen molar-refractivity contribution >= 4 is 17.5 Å². The van der Waals surface area contributed by atoms with E-state index in [4.69, 9.17) is 5.73 Å². The van der Waals surface area contributed by atoms with Gasteiger partial charge in [-0.15, -0.1) is 5.10 Å². The van der Waals surface area contributed by atoms with Gasteiger partial charge in [-0.1, -0.05) is 18.2 Å². The number of nitrogen functional groups attached to an aromatic ring is 1. The highest BCUT2D eigenvalue weighted by Crippen LogP contribution is 2.28. The van der Waals surface area contributed by atoms with Crippen molar-refractivity contribution < 1.29 is 23.1 Å². The van der Waals surface area contributed by atoms with Crippen LogP contribution in [0.5, 0.6) is 0 Å². The number of nitrogens with one attached hydrogen (secondary N) is 1. The molecular weight excluding hydrogens is 435 g/mol. The number of rotatable bonds is 6. The van der Waals surface area contributed by atoms with Gasteiger partial charge in [0.15, 0.2) is 17.3 Å². The van der Waals surface area contributed by atoms with Gasteiger partial charge in [-0.25, -0.2) is 17.7 Å². The fraction of sp³-hybridized carbons (Fsp3) is 0.174. The Morgan fingerprint density at radius 1 is 1.15 bits per heavy atom. The minimum Gasteiger partial charge on any atom is -0.388 e. The summed E-state index contributed by atoms with van der Waals surface area (Å²) < 4.78 is 43.2. The van der Waals surface area contributed by atoms with Crippen molar-refractivity contribution in [2.45, 2.75) is 19.4 Å². The number of amides is 1. The van der Waals surface area contributed by atoms with Crippen LogP contribution in [-0.4, -0.2) is 32.2 Å². The molecule has 0 saturated carbocycles. The number of halogens is 3. The molecule has 33 heavy (non-hydrogen) atoms. The molecule has 0 radical (unpaired) electrons. The van der Waals surface area contributed by atoms with E-state index in [0.29, 0.717) is 16.8 Å². The molecule has 2 heterocycles. The number of nitrogens with zero attached hydrogens (tertiary/aromatic N) is 3. The highest BCUT2D eigenvalue weighted by atomic mass is 19.2. The van der Waals surface area contributed by atoms with Gasteiger partial charge >= 0.3 is 0 Å². The minimum absolute atomic E-state index is 0.00686. The summed E-state index contributed by atoms with van der Waals surface area (Å²) in [5.74, 6) is -3.36. The van der Waals surface area contributed by atoms with Crippen molar-refractivity contribution in [2.75, 3.05) is 12.3 Å². The molecule has 7 nitrogen and oxygen atoms in total. The summed E-state index contributed by atoms with van der Waals surface area (Å²) in [4.78, 5) is 16.8. The molecule has 2 aromatic carbocycles. The molecule has 1 atom stereocenters. The lowest BCUT2D eigenvalue weighted by atomic mass is 9.98. The van der Waals surface area contributed by atoms with E-state index in [1.165, 1.54) is 10.6 Å². The number of aliphatic hydroxyl groups is 1. The zero-order valence-corrected chi connectivity index (χ0v) is 17.5. The molecule has 170 valence electrons. The van der Waals surface area contributed by atoms with Gasteiger partial charge in [0.25, 0.3) is 5.91 Å². The molecule has 4 N–H and O–H groups in total. The van der Waals surface area contributed by atoms with Crippen molar-refractivity contribution in [1.29, 1.82) is 0 Å². The van der Waals surface area contributed by atoms with Gasteiger partial charge in [-0.2, -0.15) is 4.98 Å². The van der Waals surface area contributed by atoms with Crippen LogP contribution >= 0.6 is 0 Å². The van der Waals surface area contributed by atoms with Crippen molar-refractivity contribution in [3.63, 3.8) is 0 Å². The van der Waals surface area contributed by atoms with E-state index < -0.39 is 29.5 Å². The molecule has 10 heteroatoms. The first-order valence-corrected chi connectivity index (χ1v) is 10.1. The summed E-state index contributed by atoms with van der Waals surface area (Å²) in [7, 11) is 0. The Labute approximate surface area is 186 Å². The third-order valence-electron chi connectivity index (χ3n) is 5.27. The summed E-state index contributed by atoms with van der Waals surface area (Å²) in [5, 5.41) is 16.7. The van der Waals surface area contributed by atoms with Crippen LogP contribution in [0.4, 0.5) is 19.1 Å². The lowest BCUT2D eigenvalue weighted by molar-refractivity contribution is 0.0938. The van der Waals surface area contributed by atoms with Crippen LogP contribution in [0.3, 0.4) is 0 Å². The van der Waals surface area contributed by atoms with Crippen molar-refractivity contribution in [1.82, 2.24) is 19.9 Å². The summed E-state index contributed by atoms with van der Waals surface area (Å²) in [6, 6.07) is 9.52. The molecule has 0 aliphatic heterocycles. The lowest BCUT2D eigenvalue weighted by Crippen LogP contribution is -2.27. The van der Waals surface area contributed by atoms with E-state index in [9.17, 15) is 18.7 Å². The topological polar surface area (TPSA) is 106 Å². The fourth-order valence-electron chi connectivity index (χ4n) is 3.54. The van der Waals surface area contributed by atoms with Gasteiger partial charge in [0.1, 0.15) is 5.82 Å². The molecule has 0 spiro atoms. The van der Waals surface area contributed by atoms with E-state index in [-0.39, 0.29) is 35.6 Å². The maximum Gasteiger partial charge on any atom is 0.254 e. The Morgan fingerprint density at radius 2 is 1.94 bits per heavy atom. The summed E-state index contributed by atoms with van der Waals surface area (Å²) >= 11 is 0.